The average molecular weight is 290 g/mol. The Morgan fingerprint density at radius 3 is 3.00 bits per heavy atom. The van der Waals surface area contributed by atoms with Crippen LogP contribution in [-0.2, 0) is 13.0 Å². The summed E-state index contributed by atoms with van der Waals surface area (Å²) in [4.78, 5) is 22.0. The quantitative estimate of drug-likeness (QED) is 0.918. The maximum atomic E-state index is 11.9. The zero-order valence-electron chi connectivity index (χ0n) is 11.7. The number of hydrogen-bond acceptors (Lipinski definition) is 4. The molecule has 2 amide bonds. The van der Waals surface area contributed by atoms with Crippen molar-refractivity contribution in [3.63, 3.8) is 0 Å². The highest BCUT2D eigenvalue weighted by Crippen LogP contribution is 2.09. The first-order chi connectivity index (χ1) is 9.65. The lowest BCUT2D eigenvalue weighted by molar-refractivity contribution is 0.206. The van der Waals surface area contributed by atoms with Crippen molar-refractivity contribution in [2.24, 2.45) is 0 Å². The first kappa shape index (κ1) is 14.5. The van der Waals surface area contributed by atoms with Gasteiger partial charge in [0.25, 0.3) is 0 Å². The third-order valence-electron chi connectivity index (χ3n) is 2.83. The number of aryl methyl sites for hydroxylation is 1. The van der Waals surface area contributed by atoms with E-state index < -0.39 is 0 Å². The number of urea groups is 1. The summed E-state index contributed by atoms with van der Waals surface area (Å²) in [5, 5.41) is 5.89. The van der Waals surface area contributed by atoms with Gasteiger partial charge < -0.3 is 10.2 Å². The number of rotatable bonds is 5. The van der Waals surface area contributed by atoms with Crippen molar-refractivity contribution < 1.29 is 4.79 Å². The molecule has 0 atom stereocenters. The molecule has 0 radical (unpaired) electrons. The van der Waals surface area contributed by atoms with E-state index in [-0.39, 0.29) is 6.03 Å². The van der Waals surface area contributed by atoms with E-state index in [1.807, 2.05) is 30.6 Å². The van der Waals surface area contributed by atoms with Gasteiger partial charge in [-0.25, -0.2) is 9.78 Å². The molecule has 1 N–H and O–H groups in total. The molecule has 106 valence electrons. The van der Waals surface area contributed by atoms with Crippen molar-refractivity contribution in [2.45, 2.75) is 19.9 Å². The summed E-state index contributed by atoms with van der Waals surface area (Å²) < 4.78 is 0. The molecule has 2 aromatic heterocycles. The summed E-state index contributed by atoms with van der Waals surface area (Å²) in [6.07, 6.45) is 4.34. The molecule has 5 nitrogen and oxygen atoms in total. The number of amides is 2. The van der Waals surface area contributed by atoms with Gasteiger partial charge in [0.2, 0.25) is 0 Å². The minimum Gasteiger partial charge on any atom is -0.338 e. The van der Waals surface area contributed by atoms with Gasteiger partial charge in [-0.1, -0.05) is 6.07 Å². The molecule has 0 fully saturated rings. The zero-order valence-corrected chi connectivity index (χ0v) is 12.5. The Bertz CT molecular complexity index is 555. The van der Waals surface area contributed by atoms with E-state index in [4.69, 9.17) is 0 Å². The largest absolute Gasteiger partial charge is 0.338 e. The predicted molar refractivity (Wildman–Crippen MR) is 79.7 cm³/mol. The van der Waals surface area contributed by atoms with Gasteiger partial charge in [-0.2, -0.15) is 0 Å². The van der Waals surface area contributed by atoms with Crippen LogP contribution in [0.25, 0.3) is 0 Å². The minimum atomic E-state index is -0.0838. The fraction of sp³-hybridized carbons (Fsp3) is 0.357. The van der Waals surface area contributed by atoms with E-state index >= 15 is 0 Å². The van der Waals surface area contributed by atoms with Crippen LogP contribution in [0.5, 0.6) is 0 Å². The number of aromatic nitrogens is 2. The SMILES string of the molecule is Cc1nc(CN(C)C(=O)NCCc2cccnc2)cs1. The van der Waals surface area contributed by atoms with Gasteiger partial charge in [-0.15, -0.1) is 11.3 Å². The van der Waals surface area contributed by atoms with Crippen LogP contribution in [0.4, 0.5) is 4.79 Å². The first-order valence-electron chi connectivity index (χ1n) is 6.44. The Morgan fingerprint density at radius 1 is 1.50 bits per heavy atom. The highest BCUT2D eigenvalue weighted by Gasteiger charge is 2.09. The van der Waals surface area contributed by atoms with Crippen LogP contribution in [0.3, 0.4) is 0 Å². The summed E-state index contributed by atoms with van der Waals surface area (Å²) in [5.41, 5.74) is 2.04. The van der Waals surface area contributed by atoms with Gasteiger partial charge in [0, 0.05) is 31.4 Å². The molecule has 0 spiro atoms. The van der Waals surface area contributed by atoms with Crippen LogP contribution in [0, 0.1) is 6.92 Å². The normalized spacial score (nSPS) is 10.3. The second-order valence-electron chi connectivity index (χ2n) is 4.56. The number of thiazole rings is 1. The van der Waals surface area contributed by atoms with Crippen LogP contribution in [-0.4, -0.2) is 34.5 Å². The van der Waals surface area contributed by atoms with Gasteiger partial charge in [0.05, 0.1) is 17.2 Å². The summed E-state index contributed by atoms with van der Waals surface area (Å²) in [5.74, 6) is 0. The lowest BCUT2D eigenvalue weighted by Gasteiger charge is -2.16. The number of pyridine rings is 1. The summed E-state index contributed by atoms with van der Waals surface area (Å²) in [7, 11) is 1.77. The number of carbonyl (C=O) groups is 1. The van der Waals surface area contributed by atoms with Crippen molar-refractivity contribution in [1.29, 1.82) is 0 Å². The lowest BCUT2D eigenvalue weighted by atomic mass is 10.2. The average Bonchev–Trinajstić information content (AvgIpc) is 2.85. The third kappa shape index (κ3) is 4.31. The lowest BCUT2D eigenvalue weighted by Crippen LogP contribution is -2.37. The Kier molecular flexibility index (Phi) is 5.06. The third-order valence-corrected chi connectivity index (χ3v) is 3.65. The van der Waals surface area contributed by atoms with Crippen molar-refractivity contribution in [3.8, 4) is 0 Å². The molecule has 2 aromatic rings. The molecule has 2 rings (SSSR count). The van der Waals surface area contributed by atoms with Crippen LogP contribution >= 0.6 is 11.3 Å². The smallest absolute Gasteiger partial charge is 0.317 e. The van der Waals surface area contributed by atoms with Crippen molar-refractivity contribution in [2.75, 3.05) is 13.6 Å². The van der Waals surface area contributed by atoms with Gasteiger partial charge in [-0.05, 0) is 25.0 Å². The molecule has 0 bridgehead atoms. The fourth-order valence-electron chi connectivity index (χ4n) is 1.79. The molecule has 0 unspecified atom stereocenters. The molecule has 0 aliphatic heterocycles. The maximum Gasteiger partial charge on any atom is 0.317 e. The molecule has 0 saturated heterocycles. The Hall–Kier alpha value is -1.95. The van der Waals surface area contributed by atoms with Gasteiger partial charge in [-0.3, -0.25) is 4.98 Å². The molecule has 0 aliphatic carbocycles. The van der Waals surface area contributed by atoms with Crippen molar-refractivity contribution in [3.05, 3.63) is 46.2 Å². The number of nitrogens with one attached hydrogen (secondary N) is 1. The van der Waals surface area contributed by atoms with E-state index in [0.717, 1.165) is 22.7 Å². The maximum absolute atomic E-state index is 11.9. The standard InChI is InChI=1S/C14H18N4OS/c1-11-17-13(10-20-11)9-18(2)14(19)16-7-5-12-4-3-6-15-8-12/h3-4,6,8,10H,5,7,9H2,1-2H3,(H,16,19). The van der Waals surface area contributed by atoms with E-state index in [1.54, 1.807) is 29.5 Å². The Morgan fingerprint density at radius 2 is 2.35 bits per heavy atom. The summed E-state index contributed by atoms with van der Waals surface area (Å²) >= 11 is 1.60. The zero-order chi connectivity index (χ0) is 14.4. The second kappa shape index (κ2) is 7.00. The molecule has 6 heteroatoms. The number of hydrogen-bond donors (Lipinski definition) is 1. The molecule has 0 aliphatic rings. The Labute approximate surface area is 122 Å². The van der Waals surface area contributed by atoms with E-state index in [0.29, 0.717) is 13.1 Å². The van der Waals surface area contributed by atoms with Gasteiger partial charge in [0.1, 0.15) is 0 Å². The molecule has 20 heavy (non-hydrogen) atoms. The second-order valence-corrected chi connectivity index (χ2v) is 5.62. The van der Waals surface area contributed by atoms with Crippen LogP contribution < -0.4 is 5.32 Å². The summed E-state index contributed by atoms with van der Waals surface area (Å²) in [6.45, 7) is 3.09. The van der Waals surface area contributed by atoms with Gasteiger partial charge >= 0.3 is 6.03 Å². The topological polar surface area (TPSA) is 58.1 Å². The van der Waals surface area contributed by atoms with E-state index in [1.165, 1.54) is 0 Å². The van der Waals surface area contributed by atoms with Crippen LogP contribution in [0.1, 0.15) is 16.3 Å². The van der Waals surface area contributed by atoms with E-state index in [9.17, 15) is 4.79 Å². The fourth-order valence-corrected chi connectivity index (χ4v) is 2.39. The predicted octanol–water partition coefficient (Wildman–Crippen LogP) is 2.23. The number of carbonyl (C=O) groups excluding carboxylic acids is 1. The molecule has 0 saturated carbocycles. The highest BCUT2D eigenvalue weighted by atomic mass is 32.1. The molecular weight excluding hydrogens is 272 g/mol. The molecule has 2 heterocycles. The first-order valence-corrected chi connectivity index (χ1v) is 7.32. The molecule has 0 aromatic carbocycles. The van der Waals surface area contributed by atoms with Gasteiger partial charge in [0.15, 0.2) is 0 Å². The summed E-state index contributed by atoms with van der Waals surface area (Å²) in [6, 6.07) is 3.81. The van der Waals surface area contributed by atoms with E-state index in [2.05, 4.69) is 15.3 Å². The number of nitrogens with zero attached hydrogens (tertiary/aromatic N) is 3. The Balaban J connectivity index is 1.74. The van der Waals surface area contributed by atoms with Crippen LogP contribution in [0.15, 0.2) is 29.9 Å². The minimum absolute atomic E-state index is 0.0838. The molecular formula is C14H18N4OS. The van der Waals surface area contributed by atoms with Crippen LogP contribution in [0.2, 0.25) is 0 Å². The highest BCUT2D eigenvalue weighted by molar-refractivity contribution is 7.09. The van der Waals surface area contributed by atoms with Crippen molar-refractivity contribution >= 4 is 17.4 Å². The monoisotopic (exact) mass is 290 g/mol. The van der Waals surface area contributed by atoms with Crippen molar-refractivity contribution in [1.82, 2.24) is 20.2 Å².